The Morgan fingerprint density at radius 3 is 2.55 bits per heavy atom. The van der Waals surface area contributed by atoms with Crippen molar-refractivity contribution in [3.63, 3.8) is 0 Å². The second-order valence-electron chi connectivity index (χ2n) is 6.51. The Hall–Kier alpha value is -3.64. The zero-order valence-electron chi connectivity index (χ0n) is 17.0. The molecule has 7 nitrogen and oxygen atoms in total. The highest BCUT2D eigenvalue weighted by Crippen LogP contribution is 2.30. The van der Waals surface area contributed by atoms with Crippen LogP contribution in [0.5, 0.6) is 11.5 Å². The average molecular weight is 441 g/mol. The van der Waals surface area contributed by atoms with Gasteiger partial charge in [-0.15, -0.1) is 0 Å². The molecule has 0 aliphatic rings. The molecule has 2 aromatic carbocycles. The van der Waals surface area contributed by atoms with Gasteiger partial charge < -0.3 is 9.64 Å². The maximum absolute atomic E-state index is 13.0. The molecule has 0 aliphatic carbocycles. The van der Waals surface area contributed by atoms with Gasteiger partial charge >= 0.3 is 0 Å². The number of nitrogens with one attached hydrogen (secondary N) is 1. The van der Waals surface area contributed by atoms with Crippen LogP contribution in [-0.2, 0) is 10.0 Å². The van der Waals surface area contributed by atoms with Gasteiger partial charge in [-0.3, -0.25) is 4.72 Å². The van der Waals surface area contributed by atoms with Crippen LogP contribution in [-0.4, -0.2) is 26.5 Å². The number of sulfonamides is 1. The quantitative estimate of drug-likeness (QED) is 0.553. The van der Waals surface area contributed by atoms with Crippen LogP contribution in [0.4, 0.5) is 15.9 Å². The fourth-order valence-corrected chi connectivity index (χ4v) is 3.98. The van der Waals surface area contributed by atoms with Crippen molar-refractivity contribution < 1.29 is 17.5 Å². The van der Waals surface area contributed by atoms with Crippen LogP contribution in [0.25, 0.3) is 0 Å². The summed E-state index contributed by atoms with van der Waals surface area (Å²) in [6.45, 7) is 5.79. The maximum atomic E-state index is 13.0. The van der Waals surface area contributed by atoms with Gasteiger partial charge in [0.15, 0.2) is 0 Å². The fourth-order valence-electron chi connectivity index (χ4n) is 2.94. The number of nitrogens with zero attached hydrogens (tertiary/aromatic N) is 3. The third-order valence-electron chi connectivity index (χ3n) is 4.52. The number of nitriles is 1. The van der Waals surface area contributed by atoms with Crippen LogP contribution in [0.1, 0.15) is 19.4 Å². The molecule has 1 heterocycles. The molecule has 3 rings (SSSR count). The molecular weight excluding hydrogens is 419 g/mol. The van der Waals surface area contributed by atoms with Gasteiger partial charge in [0.2, 0.25) is 0 Å². The molecule has 9 heteroatoms. The SMILES string of the molecule is CCN(CC)c1cccc(Oc2ccc(S(=O)(=O)Nc3ccc(F)cn3)cc2C#N)c1. The molecule has 0 aliphatic heterocycles. The molecule has 0 amide bonds. The number of halogens is 1. The number of hydrogen-bond donors (Lipinski definition) is 1. The smallest absolute Gasteiger partial charge is 0.263 e. The third kappa shape index (κ3) is 5.29. The van der Waals surface area contributed by atoms with Crippen molar-refractivity contribution in [2.24, 2.45) is 0 Å². The first-order valence-electron chi connectivity index (χ1n) is 9.57. The predicted molar refractivity (Wildman–Crippen MR) is 116 cm³/mol. The van der Waals surface area contributed by atoms with E-state index in [1.165, 1.54) is 24.3 Å². The van der Waals surface area contributed by atoms with E-state index in [2.05, 4.69) is 28.5 Å². The maximum Gasteiger partial charge on any atom is 0.263 e. The van der Waals surface area contributed by atoms with Crippen LogP contribution in [0.2, 0.25) is 0 Å². The number of pyridine rings is 1. The van der Waals surface area contributed by atoms with E-state index in [0.717, 1.165) is 31.0 Å². The highest BCUT2D eigenvalue weighted by Gasteiger charge is 2.18. The van der Waals surface area contributed by atoms with Crippen LogP contribution in [0.3, 0.4) is 0 Å². The lowest BCUT2D eigenvalue weighted by molar-refractivity contribution is 0.480. The third-order valence-corrected chi connectivity index (χ3v) is 5.87. The van der Waals surface area contributed by atoms with E-state index < -0.39 is 15.8 Å². The number of ether oxygens (including phenoxy) is 1. The molecule has 3 aromatic rings. The zero-order chi connectivity index (χ0) is 22.4. The van der Waals surface area contributed by atoms with E-state index in [1.807, 2.05) is 24.3 Å². The molecule has 0 bridgehead atoms. The minimum absolute atomic E-state index is 0.0338. The Labute approximate surface area is 180 Å². The number of benzene rings is 2. The van der Waals surface area contributed by atoms with E-state index in [-0.39, 0.29) is 22.0 Å². The van der Waals surface area contributed by atoms with E-state index in [0.29, 0.717) is 5.75 Å². The highest BCUT2D eigenvalue weighted by molar-refractivity contribution is 7.92. The lowest BCUT2D eigenvalue weighted by Crippen LogP contribution is -2.21. The van der Waals surface area contributed by atoms with Gasteiger partial charge in [-0.05, 0) is 56.3 Å². The van der Waals surface area contributed by atoms with Gasteiger partial charge in [0, 0.05) is 24.8 Å². The first-order chi connectivity index (χ1) is 14.9. The highest BCUT2D eigenvalue weighted by atomic mass is 32.2. The first kappa shape index (κ1) is 22.1. The molecule has 0 fully saturated rings. The van der Waals surface area contributed by atoms with Gasteiger partial charge in [0.05, 0.1) is 16.7 Å². The van der Waals surface area contributed by atoms with Crippen LogP contribution in [0.15, 0.2) is 65.7 Å². The van der Waals surface area contributed by atoms with Crippen molar-refractivity contribution in [1.29, 1.82) is 5.26 Å². The van der Waals surface area contributed by atoms with Crippen molar-refractivity contribution in [2.75, 3.05) is 22.7 Å². The molecule has 1 aromatic heterocycles. The Morgan fingerprint density at radius 1 is 1.13 bits per heavy atom. The Bertz CT molecular complexity index is 1200. The summed E-state index contributed by atoms with van der Waals surface area (Å²) in [7, 11) is -4.02. The van der Waals surface area contributed by atoms with Crippen molar-refractivity contribution in [3.05, 3.63) is 72.2 Å². The molecule has 0 spiro atoms. The summed E-state index contributed by atoms with van der Waals surface area (Å²) < 4.78 is 46.3. The van der Waals surface area contributed by atoms with E-state index >= 15 is 0 Å². The standard InChI is InChI=1S/C22H21FN4O3S/c1-3-27(4-2)18-6-5-7-19(13-18)30-21-10-9-20(12-16(21)14-24)31(28,29)26-22-11-8-17(23)15-25-22/h5-13,15H,3-4H2,1-2H3,(H,25,26). The normalized spacial score (nSPS) is 10.9. The molecule has 0 saturated heterocycles. The number of rotatable bonds is 8. The summed E-state index contributed by atoms with van der Waals surface area (Å²) in [4.78, 5) is 5.70. The lowest BCUT2D eigenvalue weighted by Gasteiger charge is -2.21. The van der Waals surface area contributed by atoms with Crippen LogP contribution >= 0.6 is 0 Å². The fraction of sp³-hybridized carbons (Fsp3) is 0.182. The topological polar surface area (TPSA) is 95.3 Å². The van der Waals surface area contributed by atoms with Gasteiger partial charge in [-0.1, -0.05) is 6.07 Å². The molecule has 0 atom stereocenters. The van der Waals surface area contributed by atoms with Gasteiger partial charge in [0.1, 0.15) is 29.2 Å². The van der Waals surface area contributed by atoms with Gasteiger partial charge in [-0.25, -0.2) is 17.8 Å². The second-order valence-corrected chi connectivity index (χ2v) is 8.19. The van der Waals surface area contributed by atoms with Crippen LogP contribution in [0, 0.1) is 17.1 Å². The van der Waals surface area contributed by atoms with Crippen LogP contribution < -0.4 is 14.4 Å². The Morgan fingerprint density at radius 2 is 1.90 bits per heavy atom. The summed E-state index contributed by atoms with van der Waals surface area (Å²) >= 11 is 0. The number of aromatic nitrogens is 1. The molecule has 0 saturated carbocycles. The minimum Gasteiger partial charge on any atom is -0.456 e. The zero-order valence-corrected chi connectivity index (χ0v) is 17.9. The Balaban J connectivity index is 1.86. The van der Waals surface area contributed by atoms with E-state index in [1.54, 1.807) is 6.07 Å². The molecule has 0 unspecified atom stereocenters. The predicted octanol–water partition coefficient (Wildman–Crippen LogP) is 4.53. The minimum atomic E-state index is -4.02. The molecular formula is C22H21FN4O3S. The Kier molecular flexibility index (Phi) is 6.72. The van der Waals surface area contributed by atoms with Crippen molar-refractivity contribution in [2.45, 2.75) is 18.7 Å². The lowest BCUT2D eigenvalue weighted by atomic mass is 10.2. The molecule has 160 valence electrons. The van der Waals surface area contributed by atoms with Crippen molar-refractivity contribution in [3.8, 4) is 17.6 Å². The molecule has 0 radical (unpaired) electrons. The summed E-state index contributed by atoms with van der Waals surface area (Å²) in [5.41, 5.74) is 1.04. The first-order valence-corrected chi connectivity index (χ1v) is 11.1. The van der Waals surface area contributed by atoms with Gasteiger partial charge in [0.25, 0.3) is 10.0 Å². The summed E-state index contributed by atoms with van der Waals surface area (Å²) in [6.07, 6.45) is 0.905. The average Bonchev–Trinajstić information content (AvgIpc) is 2.76. The van der Waals surface area contributed by atoms with E-state index in [9.17, 15) is 18.1 Å². The summed E-state index contributed by atoms with van der Waals surface area (Å²) in [6, 6.07) is 15.7. The second kappa shape index (κ2) is 9.45. The largest absolute Gasteiger partial charge is 0.456 e. The number of hydrogen-bond acceptors (Lipinski definition) is 6. The number of anilines is 2. The van der Waals surface area contributed by atoms with Gasteiger partial charge in [-0.2, -0.15) is 5.26 Å². The summed E-state index contributed by atoms with van der Waals surface area (Å²) in [5.74, 6) is 0.151. The molecule has 31 heavy (non-hydrogen) atoms. The summed E-state index contributed by atoms with van der Waals surface area (Å²) in [5, 5.41) is 9.52. The monoisotopic (exact) mass is 440 g/mol. The van der Waals surface area contributed by atoms with Crippen molar-refractivity contribution >= 4 is 21.5 Å². The van der Waals surface area contributed by atoms with Crippen molar-refractivity contribution in [1.82, 2.24) is 4.98 Å². The van der Waals surface area contributed by atoms with E-state index in [4.69, 9.17) is 4.74 Å². The molecule has 1 N–H and O–H groups in total.